The Kier molecular flexibility index (Phi) is 6.79. The van der Waals surface area contributed by atoms with E-state index in [1.807, 2.05) is 20.8 Å². The molecule has 1 aromatic carbocycles. The van der Waals surface area contributed by atoms with Crippen LogP contribution in [0.5, 0.6) is 0 Å². The molecule has 0 aliphatic carbocycles. The zero-order chi connectivity index (χ0) is 20.1. The number of anilines is 1. The molecule has 3 rings (SSSR count). The normalized spacial score (nSPS) is 17.6. The van der Waals surface area contributed by atoms with Crippen molar-refractivity contribution in [3.8, 4) is 0 Å². The van der Waals surface area contributed by atoms with Crippen LogP contribution in [0.4, 0.5) is 5.69 Å². The molecular formula is C19H25N5O3S. The van der Waals surface area contributed by atoms with Gasteiger partial charge in [0.1, 0.15) is 0 Å². The highest BCUT2D eigenvalue weighted by atomic mass is 32.2. The van der Waals surface area contributed by atoms with Crippen LogP contribution in [0, 0.1) is 5.92 Å². The highest BCUT2D eigenvalue weighted by Gasteiger charge is 2.23. The van der Waals surface area contributed by atoms with E-state index in [-0.39, 0.29) is 29.0 Å². The molecule has 0 bridgehead atoms. The number of tetrazole rings is 1. The smallest absolute Gasteiger partial charge is 0.226 e. The fourth-order valence-corrected chi connectivity index (χ4v) is 3.70. The average molecular weight is 404 g/mol. The zero-order valence-electron chi connectivity index (χ0n) is 16.3. The molecule has 1 aliphatic rings. The molecule has 28 heavy (non-hydrogen) atoms. The van der Waals surface area contributed by atoms with Crippen LogP contribution in [0.25, 0.3) is 0 Å². The van der Waals surface area contributed by atoms with E-state index in [1.54, 1.807) is 28.9 Å². The molecule has 1 aliphatic heterocycles. The van der Waals surface area contributed by atoms with Gasteiger partial charge in [-0.25, -0.2) is 4.68 Å². The molecule has 2 aromatic rings. The first-order chi connectivity index (χ1) is 13.4. The summed E-state index contributed by atoms with van der Waals surface area (Å²) in [5.74, 6) is -0.169. The summed E-state index contributed by atoms with van der Waals surface area (Å²) in [5.41, 5.74) is 1.26. The number of ether oxygens (including phenoxy) is 1. The molecule has 1 aromatic heterocycles. The second kappa shape index (κ2) is 9.29. The number of ketones is 1. The van der Waals surface area contributed by atoms with Gasteiger partial charge in [0, 0.05) is 23.8 Å². The molecule has 0 saturated carbocycles. The molecular weight excluding hydrogens is 378 g/mol. The van der Waals surface area contributed by atoms with Crippen LogP contribution in [0.2, 0.25) is 0 Å². The molecule has 1 amide bonds. The lowest BCUT2D eigenvalue weighted by Gasteiger charge is -2.13. The Morgan fingerprint density at radius 1 is 1.29 bits per heavy atom. The molecule has 8 nitrogen and oxygen atoms in total. The number of nitrogens with one attached hydrogen (secondary N) is 1. The summed E-state index contributed by atoms with van der Waals surface area (Å²) in [6.07, 6.45) is 2.18. The van der Waals surface area contributed by atoms with Crippen LogP contribution in [0.3, 0.4) is 0 Å². The van der Waals surface area contributed by atoms with E-state index in [1.165, 1.54) is 11.8 Å². The number of benzene rings is 1. The largest absolute Gasteiger partial charge is 0.376 e. The Morgan fingerprint density at radius 3 is 2.68 bits per heavy atom. The Morgan fingerprint density at radius 2 is 2.04 bits per heavy atom. The minimum absolute atomic E-state index is 0.0154. The topological polar surface area (TPSA) is 99.0 Å². The van der Waals surface area contributed by atoms with Crippen LogP contribution in [-0.2, 0) is 16.1 Å². The third-order valence-electron chi connectivity index (χ3n) is 4.51. The van der Waals surface area contributed by atoms with Crippen LogP contribution < -0.4 is 5.32 Å². The van der Waals surface area contributed by atoms with Crippen LogP contribution in [0.15, 0.2) is 29.4 Å². The quantitative estimate of drug-likeness (QED) is 0.534. The van der Waals surface area contributed by atoms with Crippen LogP contribution in [0.1, 0.15) is 44.0 Å². The highest BCUT2D eigenvalue weighted by molar-refractivity contribution is 8.00. The Hall–Kier alpha value is -2.26. The lowest BCUT2D eigenvalue weighted by molar-refractivity contribution is -0.118. The van der Waals surface area contributed by atoms with Gasteiger partial charge in [0.25, 0.3) is 0 Å². The van der Waals surface area contributed by atoms with Gasteiger partial charge < -0.3 is 10.1 Å². The van der Waals surface area contributed by atoms with E-state index in [0.29, 0.717) is 23.0 Å². The Labute approximate surface area is 168 Å². The van der Waals surface area contributed by atoms with Gasteiger partial charge in [-0.05, 0) is 54.5 Å². The number of hydrogen-bond acceptors (Lipinski definition) is 7. The number of amides is 1. The molecule has 1 saturated heterocycles. The molecule has 0 unspecified atom stereocenters. The van der Waals surface area contributed by atoms with Gasteiger partial charge in [-0.1, -0.05) is 25.6 Å². The summed E-state index contributed by atoms with van der Waals surface area (Å²) in [6.45, 7) is 6.88. The third-order valence-corrected chi connectivity index (χ3v) is 5.58. The van der Waals surface area contributed by atoms with Crippen molar-refractivity contribution < 1.29 is 14.3 Å². The number of hydrogen-bond donors (Lipinski definition) is 1. The predicted octanol–water partition coefficient (Wildman–Crippen LogP) is 2.81. The van der Waals surface area contributed by atoms with E-state index in [9.17, 15) is 9.59 Å². The summed E-state index contributed by atoms with van der Waals surface area (Å²) in [6, 6.07) is 6.94. The maximum Gasteiger partial charge on any atom is 0.226 e. The van der Waals surface area contributed by atoms with E-state index < -0.39 is 0 Å². The highest BCUT2D eigenvalue weighted by Crippen LogP contribution is 2.25. The monoisotopic (exact) mass is 403 g/mol. The molecule has 1 fully saturated rings. The number of aromatic nitrogens is 4. The van der Waals surface area contributed by atoms with Gasteiger partial charge in [0.2, 0.25) is 11.1 Å². The molecule has 1 N–H and O–H groups in total. The first kappa shape index (κ1) is 20.5. The summed E-state index contributed by atoms with van der Waals surface area (Å²) in [7, 11) is 0. The molecule has 9 heteroatoms. The fraction of sp³-hybridized carbons (Fsp3) is 0.526. The lowest BCUT2D eigenvalue weighted by Crippen LogP contribution is -2.19. The van der Waals surface area contributed by atoms with Crippen molar-refractivity contribution in [2.75, 3.05) is 11.9 Å². The standard InChI is InChI=1S/C19H25N5O3S/c1-12(2)18(26)20-15-8-6-14(7-9-15)17(25)13(3)28-19-21-22-23-24(19)11-16-5-4-10-27-16/h6-9,12-13,16H,4-5,10-11H2,1-3H3,(H,20,26)/t13-,16-/m0/s1. The fourth-order valence-electron chi connectivity index (χ4n) is 2.83. The number of nitrogens with zero attached hydrogens (tertiary/aromatic N) is 4. The number of carbonyl (C=O) groups is 2. The minimum atomic E-state index is -0.342. The Bertz CT molecular complexity index is 815. The number of carbonyl (C=O) groups excluding carboxylic acids is 2. The maximum absolute atomic E-state index is 12.8. The van der Waals surface area contributed by atoms with Gasteiger partial charge in [-0.3, -0.25) is 9.59 Å². The predicted molar refractivity (Wildman–Crippen MR) is 106 cm³/mol. The van der Waals surface area contributed by atoms with Gasteiger partial charge >= 0.3 is 0 Å². The van der Waals surface area contributed by atoms with E-state index in [4.69, 9.17) is 4.74 Å². The second-order valence-electron chi connectivity index (χ2n) is 7.12. The number of rotatable bonds is 8. The van der Waals surface area contributed by atoms with Crippen molar-refractivity contribution in [1.29, 1.82) is 0 Å². The summed E-state index contributed by atoms with van der Waals surface area (Å²) < 4.78 is 7.34. The van der Waals surface area contributed by atoms with Gasteiger partial charge in [0.05, 0.1) is 17.9 Å². The van der Waals surface area contributed by atoms with E-state index in [2.05, 4.69) is 20.8 Å². The molecule has 0 radical (unpaired) electrons. The Balaban J connectivity index is 1.60. The van der Waals surface area contributed by atoms with Crippen LogP contribution >= 0.6 is 11.8 Å². The molecule has 2 atom stereocenters. The molecule has 0 spiro atoms. The van der Waals surface area contributed by atoms with Crippen molar-refractivity contribution in [3.63, 3.8) is 0 Å². The van der Waals surface area contributed by atoms with E-state index >= 15 is 0 Å². The van der Waals surface area contributed by atoms with Crippen molar-refractivity contribution >= 4 is 29.1 Å². The van der Waals surface area contributed by atoms with Crippen molar-refractivity contribution in [1.82, 2.24) is 20.2 Å². The summed E-state index contributed by atoms with van der Waals surface area (Å²) in [4.78, 5) is 24.5. The first-order valence-electron chi connectivity index (χ1n) is 9.43. The van der Waals surface area contributed by atoms with Gasteiger partial charge in [-0.2, -0.15) is 0 Å². The van der Waals surface area contributed by atoms with Gasteiger partial charge in [0.15, 0.2) is 5.78 Å². The first-order valence-corrected chi connectivity index (χ1v) is 10.3. The SMILES string of the molecule is CC(C)C(=O)Nc1ccc(C(=O)[C@H](C)Sc2nnnn2C[C@@H]2CCCO2)cc1. The summed E-state index contributed by atoms with van der Waals surface area (Å²) >= 11 is 1.33. The second-order valence-corrected chi connectivity index (χ2v) is 8.43. The maximum atomic E-state index is 12.8. The number of thioether (sulfide) groups is 1. The zero-order valence-corrected chi connectivity index (χ0v) is 17.1. The van der Waals surface area contributed by atoms with Crippen molar-refractivity contribution in [3.05, 3.63) is 29.8 Å². The van der Waals surface area contributed by atoms with Crippen LogP contribution in [-0.4, -0.2) is 49.9 Å². The van der Waals surface area contributed by atoms with Gasteiger partial charge in [-0.15, -0.1) is 5.10 Å². The van der Waals surface area contributed by atoms with E-state index in [0.717, 1.165) is 19.4 Å². The van der Waals surface area contributed by atoms with Crippen molar-refractivity contribution in [2.24, 2.45) is 5.92 Å². The minimum Gasteiger partial charge on any atom is -0.376 e. The molecule has 2 heterocycles. The average Bonchev–Trinajstić information content (AvgIpc) is 3.34. The lowest BCUT2D eigenvalue weighted by atomic mass is 10.1. The summed E-state index contributed by atoms with van der Waals surface area (Å²) in [5, 5.41) is 14.9. The third kappa shape index (κ3) is 5.17. The van der Waals surface area contributed by atoms with Crippen molar-refractivity contribution in [2.45, 2.75) is 56.7 Å². The molecule has 150 valence electrons. The number of Topliss-reactive ketones (excluding diaryl/α,β-unsaturated/α-hetero) is 1.